The van der Waals surface area contributed by atoms with Crippen LogP contribution in [0.5, 0.6) is 0 Å². The summed E-state index contributed by atoms with van der Waals surface area (Å²) in [5, 5.41) is 0. The lowest BCUT2D eigenvalue weighted by Gasteiger charge is -2.33. The lowest BCUT2D eigenvalue weighted by molar-refractivity contribution is 0.00578. The van der Waals surface area contributed by atoms with Crippen molar-refractivity contribution in [2.75, 3.05) is 9.80 Å². The summed E-state index contributed by atoms with van der Waals surface area (Å²) >= 11 is 0. The number of benzene rings is 5. The molecule has 2 aliphatic heterocycles. The molecule has 0 N–H and O–H groups in total. The summed E-state index contributed by atoms with van der Waals surface area (Å²) in [5.74, 6) is 0.919. The first-order valence-electron chi connectivity index (χ1n) is 21.2. The van der Waals surface area contributed by atoms with Crippen molar-refractivity contribution >= 4 is 59.3 Å². The number of aryl methyl sites for hydroxylation is 4. The van der Waals surface area contributed by atoms with Crippen LogP contribution in [0, 0.1) is 27.7 Å². The Labute approximate surface area is 360 Å². The van der Waals surface area contributed by atoms with E-state index in [2.05, 4.69) is 217 Å². The van der Waals surface area contributed by atoms with Gasteiger partial charge in [-0.2, -0.15) is 0 Å². The highest BCUT2D eigenvalue weighted by Gasteiger charge is 2.51. The van der Waals surface area contributed by atoms with Crippen molar-refractivity contribution in [3.05, 3.63) is 155 Å². The fourth-order valence-corrected chi connectivity index (χ4v) is 8.14. The number of anilines is 6. The Kier molecular flexibility index (Phi) is 11.0. The van der Waals surface area contributed by atoms with Gasteiger partial charge in [0.25, 0.3) is 0 Å². The van der Waals surface area contributed by atoms with Gasteiger partial charge in [-0.1, -0.05) is 103 Å². The Bertz CT molecular complexity index is 2360. The molecular weight excluding hydrogens is 738 g/mol. The van der Waals surface area contributed by atoms with E-state index < -0.39 is 25.4 Å². The standard InChI is InChI=1S/C52H62B2N2O4/c1-33-29-39(49(7,8)9)30-34(2)47(33)55(43-21-17-41(18-22-43)53-57-37(5)38(6)58-53)45-25-27-46(28-26-45)56(48-35(3)31-40(32-36(48)4)50(10,11)12)44-23-19-42(20-24-44)54-59-51(13,14)52(15,16)60-54/h17-32H,5-6H2,1-4,7-16H3. The molecule has 0 amide bonds. The van der Waals surface area contributed by atoms with Crippen LogP contribution in [-0.2, 0) is 29.4 Å². The lowest BCUT2D eigenvalue weighted by atomic mass is 9.79. The van der Waals surface area contributed by atoms with E-state index in [1.165, 1.54) is 33.4 Å². The van der Waals surface area contributed by atoms with Crippen LogP contribution < -0.4 is 20.7 Å². The molecule has 0 radical (unpaired) electrons. The van der Waals surface area contributed by atoms with Crippen molar-refractivity contribution in [3.63, 3.8) is 0 Å². The Hall–Kier alpha value is -5.17. The summed E-state index contributed by atoms with van der Waals surface area (Å²) in [6.07, 6.45) is 0. The maximum atomic E-state index is 6.43. The van der Waals surface area contributed by atoms with Crippen LogP contribution in [0.3, 0.4) is 0 Å². The second kappa shape index (κ2) is 15.4. The van der Waals surface area contributed by atoms with Gasteiger partial charge < -0.3 is 28.4 Å². The molecule has 8 heteroatoms. The van der Waals surface area contributed by atoms with E-state index in [-0.39, 0.29) is 10.8 Å². The Morgan fingerprint density at radius 3 is 1.00 bits per heavy atom. The minimum Gasteiger partial charge on any atom is -0.520 e. The minimum atomic E-state index is -0.567. The van der Waals surface area contributed by atoms with Crippen molar-refractivity contribution in [3.8, 4) is 0 Å². The summed E-state index contributed by atoms with van der Waals surface area (Å²) in [6.45, 7) is 38.7. The minimum absolute atomic E-state index is 0.0187. The molecule has 2 aliphatic rings. The number of hydrogen-bond donors (Lipinski definition) is 0. The maximum absolute atomic E-state index is 6.43. The summed E-state index contributed by atoms with van der Waals surface area (Å²) in [5.41, 5.74) is 15.1. The summed E-state index contributed by atoms with van der Waals surface area (Å²) < 4.78 is 24.6. The van der Waals surface area contributed by atoms with Gasteiger partial charge in [-0.25, -0.2) is 0 Å². The Balaban J connectivity index is 1.33. The van der Waals surface area contributed by atoms with Crippen LogP contribution in [-0.4, -0.2) is 25.4 Å². The molecule has 60 heavy (non-hydrogen) atoms. The largest absolute Gasteiger partial charge is 0.632 e. The van der Waals surface area contributed by atoms with Gasteiger partial charge in [0.05, 0.1) is 22.6 Å². The van der Waals surface area contributed by atoms with Gasteiger partial charge >= 0.3 is 14.2 Å². The van der Waals surface area contributed by atoms with E-state index in [1.807, 2.05) is 0 Å². The Morgan fingerprint density at radius 2 is 0.717 bits per heavy atom. The fourth-order valence-electron chi connectivity index (χ4n) is 8.14. The average Bonchev–Trinajstić information content (AvgIpc) is 3.61. The molecule has 5 aromatic carbocycles. The molecule has 0 aliphatic carbocycles. The first-order valence-corrected chi connectivity index (χ1v) is 21.2. The van der Waals surface area contributed by atoms with E-state index in [9.17, 15) is 0 Å². The van der Waals surface area contributed by atoms with E-state index >= 15 is 0 Å². The van der Waals surface area contributed by atoms with Gasteiger partial charge in [0.15, 0.2) is 0 Å². The molecule has 2 fully saturated rings. The molecule has 310 valence electrons. The molecule has 0 spiro atoms. The van der Waals surface area contributed by atoms with Crippen LogP contribution in [0.25, 0.3) is 0 Å². The first kappa shape index (κ1) is 42.9. The van der Waals surface area contributed by atoms with E-state index in [0.29, 0.717) is 11.5 Å². The summed E-state index contributed by atoms with van der Waals surface area (Å²) in [4.78, 5) is 4.74. The fraction of sp³-hybridized carbons (Fsp3) is 0.346. The first-order chi connectivity index (χ1) is 27.9. The number of rotatable bonds is 8. The van der Waals surface area contributed by atoms with Gasteiger partial charge in [0.2, 0.25) is 0 Å². The lowest BCUT2D eigenvalue weighted by Crippen LogP contribution is -2.41. The monoisotopic (exact) mass is 800 g/mol. The van der Waals surface area contributed by atoms with Crippen molar-refractivity contribution < 1.29 is 18.6 Å². The molecule has 0 aromatic heterocycles. The predicted molar refractivity (Wildman–Crippen MR) is 254 cm³/mol. The van der Waals surface area contributed by atoms with Gasteiger partial charge in [-0.3, -0.25) is 0 Å². The smallest absolute Gasteiger partial charge is 0.520 e. The molecule has 6 nitrogen and oxygen atoms in total. The van der Waals surface area contributed by atoms with Crippen LogP contribution in [0.1, 0.15) is 103 Å². The summed E-state index contributed by atoms with van der Waals surface area (Å²) in [6, 6.07) is 35.3. The molecule has 2 heterocycles. The SMILES string of the molecule is C=C1OB(c2ccc(N(c3ccc(N(c4ccc(B5OC(C)(C)C(C)(C)O5)cc4)c4c(C)cc(C(C)(C)C)cc4C)cc3)c3c(C)cc(C(C)(C)C)cc3C)cc2)OC1=C. The van der Waals surface area contributed by atoms with E-state index in [4.69, 9.17) is 18.6 Å². The van der Waals surface area contributed by atoms with Gasteiger partial charge in [0, 0.05) is 28.2 Å². The normalized spacial score (nSPS) is 16.2. The van der Waals surface area contributed by atoms with Crippen molar-refractivity contribution in [1.82, 2.24) is 0 Å². The van der Waals surface area contributed by atoms with Crippen LogP contribution in [0.15, 0.2) is 122 Å². The zero-order chi connectivity index (χ0) is 43.7. The molecule has 7 rings (SSSR count). The molecular formula is C52H62B2N2O4. The van der Waals surface area contributed by atoms with E-state index in [0.717, 1.165) is 45.0 Å². The summed E-state index contributed by atoms with van der Waals surface area (Å²) in [7, 11) is -1.00. The second-order valence-electron chi connectivity index (χ2n) is 19.8. The molecule has 2 saturated heterocycles. The topological polar surface area (TPSA) is 43.4 Å². The van der Waals surface area contributed by atoms with Crippen LogP contribution in [0.4, 0.5) is 34.1 Å². The van der Waals surface area contributed by atoms with Crippen molar-refractivity contribution in [2.24, 2.45) is 0 Å². The molecule has 0 bridgehead atoms. The zero-order valence-corrected chi connectivity index (χ0v) is 38.3. The average molecular weight is 801 g/mol. The predicted octanol–water partition coefficient (Wildman–Crippen LogP) is 12.5. The van der Waals surface area contributed by atoms with Gasteiger partial charge in [0.1, 0.15) is 11.5 Å². The van der Waals surface area contributed by atoms with E-state index in [1.54, 1.807) is 0 Å². The highest BCUT2D eigenvalue weighted by Crippen LogP contribution is 2.45. The quantitative estimate of drug-likeness (QED) is 0.146. The molecule has 0 saturated carbocycles. The van der Waals surface area contributed by atoms with Crippen molar-refractivity contribution in [2.45, 2.75) is 119 Å². The number of nitrogens with zero attached hydrogens (tertiary/aromatic N) is 2. The molecule has 0 unspecified atom stereocenters. The highest BCUT2D eigenvalue weighted by atomic mass is 16.7. The molecule has 0 atom stereocenters. The Morgan fingerprint density at radius 1 is 0.450 bits per heavy atom. The molecule has 5 aromatic rings. The van der Waals surface area contributed by atoms with Crippen LogP contribution >= 0.6 is 0 Å². The second-order valence-corrected chi connectivity index (χ2v) is 19.8. The number of hydrogen-bond acceptors (Lipinski definition) is 6. The maximum Gasteiger partial charge on any atom is 0.632 e. The third-order valence-corrected chi connectivity index (χ3v) is 12.4. The van der Waals surface area contributed by atoms with Gasteiger partial charge in [-0.15, -0.1) is 0 Å². The van der Waals surface area contributed by atoms with Gasteiger partial charge in [-0.05, 0) is 154 Å². The highest BCUT2D eigenvalue weighted by molar-refractivity contribution is 6.63. The van der Waals surface area contributed by atoms with Crippen LogP contribution in [0.2, 0.25) is 0 Å². The van der Waals surface area contributed by atoms with Crippen molar-refractivity contribution in [1.29, 1.82) is 0 Å². The third-order valence-electron chi connectivity index (χ3n) is 12.4. The third kappa shape index (κ3) is 8.17. The zero-order valence-electron chi connectivity index (χ0n) is 38.3.